The summed E-state index contributed by atoms with van der Waals surface area (Å²) in [6, 6.07) is 54.6. The largest absolute Gasteiger partial charge is 0.440 e. The molecule has 268 valence electrons. The molecule has 0 saturated carbocycles. The number of anilines is 5. The molecule has 0 bridgehead atoms. The van der Waals surface area contributed by atoms with E-state index in [0.717, 1.165) is 22.5 Å². The molecule has 0 spiro atoms. The standard InChI is InChI=1S/C50H39BN2OSSi/c1-50(2,3)31-26-27-36(35(28-31)30-16-7-6-8-17-30)52-38-29-41-44(33-19-10-13-23-40(33)55-41)45-34-20-15-25-43-48(34)53(37-21-11-14-24-42(37)56(43,4)5)51(47(38)45)46-32-18-9-12-22-39(32)54-49(46)52/h6-29H,1-5H3. The molecule has 12 rings (SSSR count). The summed E-state index contributed by atoms with van der Waals surface area (Å²) < 4.78 is 9.86. The predicted octanol–water partition coefficient (Wildman–Crippen LogP) is 11.6. The highest BCUT2D eigenvalue weighted by Gasteiger charge is 2.53. The quantitative estimate of drug-likeness (QED) is 0.164. The summed E-state index contributed by atoms with van der Waals surface area (Å²) in [5.74, 6) is 0.899. The molecule has 6 heteroatoms. The molecular weight excluding hydrogens is 716 g/mol. The van der Waals surface area contributed by atoms with Crippen molar-refractivity contribution < 1.29 is 4.42 Å². The van der Waals surface area contributed by atoms with E-state index >= 15 is 0 Å². The molecule has 3 nitrogen and oxygen atoms in total. The second-order valence-electron chi connectivity index (χ2n) is 17.3. The van der Waals surface area contributed by atoms with Crippen molar-refractivity contribution in [1.29, 1.82) is 0 Å². The number of rotatable bonds is 2. The van der Waals surface area contributed by atoms with Crippen LogP contribution in [0.4, 0.5) is 28.6 Å². The summed E-state index contributed by atoms with van der Waals surface area (Å²) in [7, 11) is -2.09. The fourth-order valence-electron chi connectivity index (χ4n) is 10.2. The van der Waals surface area contributed by atoms with E-state index in [2.05, 4.69) is 189 Å². The SMILES string of the molecule is CC(C)(C)c1ccc(N2c3cc4sc5ccccc5c4c4c3B(c3c2oc2ccccc32)N2c3ccccc3[Si](C)(C)c3cccc-4c32)c(-c2ccccc2)c1. The number of para-hydroxylation sites is 3. The Hall–Kier alpha value is -5.82. The fourth-order valence-corrected chi connectivity index (χ4v) is 14.3. The average Bonchev–Trinajstić information content (AvgIpc) is 3.78. The maximum Gasteiger partial charge on any atom is 0.337 e. The third kappa shape index (κ3) is 4.18. The lowest BCUT2D eigenvalue weighted by Crippen LogP contribution is -2.68. The zero-order valence-electron chi connectivity index (χ0n) is 32.1. The molecular formula is C50H39BN2OSSi. The van der Waals surface area contributed by atoms with Crippen LogP contribution in [-0.4, -0.2) is 14.9 Å². The van der Waals surface area contributed by atoms with Gasteiger partial charge < -0.3 is 9.23 Å². The lowest BCUT2D eigenvalue weighted by Gasteiger charge is -2.50. The third-order valence-corrected chi connectivity index (χ3v) is 17.4. The number of benzene rings is 7. The fraction of sp³-hybridized carbons (Fsp3) is 0.120. The lowest BCUT2D eigenvalue weighted by molar-refractivity contribution is 0.590. The zero-order valence-corrected chi connectivity index (χ0v) is 34.0. The van der Waals surface area contributed by atoms with Crippen LogP contribution in [0, 0.1) is 0 Å². The average molecular weight is 755 g/mol. The Kier molecular flexibility index (Phi) is 6.46. The molecule has 5 heterocycles. The molecule has 2 aromatic heterocycles. The number of hydrogen-bond donors (Lipinski definition) is 0. The summed E-state index contributed by atoms with van der Waals surface area (Å²) in [6.07, 6.45) is 0. The first-order chi connectivity index (χ1) is 27.2. The molecule has 56 heavy (non-hydrogen) atoms. The number of furan rings is 1. The normalized spacial score (nSPS) is 14.9. The Morgan fingerprint density at radius 3 is 2.18 bits per heavy atom. The van der Waals surface area contributed by atoms with Gasteiger partial charge in [-0.2, -0.15) is 0 Å². The third-order valence-electron chi connectivity index (χ3n) is 12.8. The van der Waals surface area contributed by atoms with E-state index in [1.807, 2.05) is 11.3 Å². The smallest absolute Gasteiger partial charge is 0.337 e. The summed E-state index contributed by atoms with van der Waals surface area (Å²) >= 11 is 1.90. The number of fused-ring (bicyclic) bond motifs is 12. The van der Waals surface area contributed by atoms with Gasteiger partial charge in [0.25, 0.3) is 0 Å². The van der Waals surface area contributed by atoms with Crippen molar-refractivity contribution in [3.05, 3.63) is 151 Å². The summed E-state index contributed by atoms with van der Waals surface area (Å²) in [6.45, 7) is 11.9. The van der Waals surface area contributed by atoms with Gasteiger partial charge in [0.1, 0.15) is 13.7 Å². The second kappa shape index (κ2) is 11.2. The molecule has 0 unspecified atom stereocenters. The molecule has 0 aliphatic carbocycles. The monoisotopic (exact) mass is 754 g/mol. The van der Waals surface area contributed by atoms with Gasteiger partial charge in [-0.05, 0) is 74.3 Å². The van der Waals surface area contributed by atoms with E-state index in [1.54, 1.807) is 0 Å². The first kappa shape index (κ1) is 32.4. The van der Waals surface area contributed by atoms with Gasteiger partial charge in [0, 0.05) is 59.2 Å². The van der Waals surface area contributed by atoms with Gasteiger partial charge in [0.15, 0.2) is 0 Å². The second-order valence-corrected chi connectivity index (χ2v) is 22.7. The summed E-state index contributed by atoms with van der Waals surface area (Å²) in [4.78, 5) is 5.19. The number of hydrogen-bond acceptors (Lipinski definition) is 4. The van der Waals surface area contributed by atoms with Crippen molar-refractivity contribution in [2.75, 3.05) is 9.71 Å². The van der Waals surface area contributed by atoms with E-state index in [9.17, 15) is 0 Å². The van der Waals surface area contributed by atoms with Gasteiger partial charge in [-0.1, -0.05) is 143 Å². The molecule has 0 radical (unpaired) electrons. The van der Waals surface area contributed by atoms with E-state index in [4.69, 9.17) is 4.42 Å². The van der Waals surface area contributed by atoms with Gasteiger partial charge in [0.2, 0.25) is 5.88 Å². The molecule has 0 amide bonds. The van der Waals surface area contributed by atoms with Crippen molar-refractivity contribution in [1.82, 2.24) is 0 Å². The molecule has 9 aromatic rings. The Morgan fingerprint density at radius 2 is 1.34 bits per heavy atom. The zero-order chi connectivity index (χ0) is 37.7. The highest BCUT2D eigenvalue weighted by molar-refractivity contribution is 7.26. The number of nitrogens with zero attached hydrogens (tertiary/aromatic N) is 2. The lowest BCUT2D eigenvalue weighted by atomic mass is 9.43. The van der Waals surface area contributed by atoms with Crippen LogP contribution >= 0.6 is 11.3 Å². The molecule has 7 aromatic carbocycles. The van der Waals surface area contributed by atoms with Crippen molar-refractivity contribution in [2.24, 2.45) is 0 Å². The highest BCUT2D eigenvalue weighted by Crippen LogP contribution is 2.54. The van der Waals surface area contributed by atoms with Crippen LogP contribution in [0.15, 0.2) is 150 Å². The van der Waals surface area contributed by atoms with E-state index in [0.29, 0.717) is 0 Å². The van der Waals surface area contributed by atoms with Crippen LogP contribution in [0.2, 0.25) is 13.1 Å². The minimum atomic E-state index is -2.09. The summed E-state index contributed by atoms with van der Waals surface area (Å²) in [5.41, 5.74) is 14.9. The van der Waals surface area contributed by atoms with E-state index < -0.39 is 8.07 Å². The molecule has 3 aliphatic heterocycles. The van der Waals surface area contributed by atoms with E-state index in [-0.39, 0.29) is 12.3 Å². The van der Waals surface area contributed by atoms with Gasteiger partial charge in [-0.3, -0.25) is 4.90 Å². The van der Waals surface area contributed by atoms with Gasteiger partial charge in [-0.15, -0.1) is 11.3 Å². The first-order valence-electron chi connectivity index (χ1n) is 19.7. The van der Waals surface area contributed by atoms with Gasteiger partial charge >= 0.3 is 6.85 Å². The van der Waals surface area contributed by atoms with Crippen LogP contribution in [0.25, 0.3) is 53.4 Å². The Morgan fingerprint density at radius 1 is 0.607 bits per heavy atom. The predicted molar refractivity (Wildman–Crippen MR) is 244 cm³/mol. The van der Waals surface area contributed by atoms with Crippen LogP contribution < -0.4 is 31.0 Å². The number of thiophene rings is 1. The molecule has 3 aliphatic rings. The van der Waals surface area contributed by atoms with E-state index in [1.165, 1.54) is 86.4 Å². The van der Waals surface area contributed by atoms with Gasteiger partial charge in [0.05, 0.1) is 5.69 Å². The van der Waals surface area contributed by atoms with Crippen molar-refractivity contribution in [3.63, 3.8) is 0 Å². The molecule has 0 N–H and O–H groups in total. The maximum atomic E-state index is 7.24. The Labute approximate surface area is 332 Å². The molecule has 0 atom stereocenters. The van der Waals surface area contributed by atoms with Crippen LogP contribution in [0.1, 0.15) is 26.3 Å². The molecule has 0 saturated heterocycles. The van der Waals surface area contributed by atoms with Crippen molar-refractivity contribution in [3.8, 4) is 22.3 Å². The topological polar surface area (TPSA) is 19.6 Å². The van der Waals surface area contributed by atoms with Crippen molar-refractivity contribution in [2.45, 2.75) is 39.3 Å². The highest BCUT2D eigenvalue weighted by atomic mass is 32.1. The molecule has 0 fully saturated rings. The first-order valence-corrected chi connectivity index (χ1v) is 23.5. The van der Waals surface area contributed by atoms with Crippen LogP contribution in [0.5, 0.6) is 0 Å². The van der Waals surface area contributed by atoms with Gasteiger partial charge in [-0.25, -0.2) is 0 Å². The van der Waals surface area contributed by atoms with Crippen molar-refractivity contribution >= 4 is 107 Å². The maximum absolute atomic E-state index is 7.24. The van der Waals surface area contributed by atoms with Crippen LogP contribution in [-0.2, 0) is 5.41 Å². The van der Waals surface area contributed by atoms with Crippen LogP contribution in [0.3, 0.4) is 0 Å². The summed E-state index contributed by atoms with van der Waals surface area (Å²) in [5, 5.41) is 6.84. The minimum Gasteiger partial charge on any atom is -0.440 e. The minimum absolute atomic E-state index is 0.0190. The Balaban J connectivity index is 1.29. The Bertz CT molecular complexity index is 3140.